The van der Waals surface area contributed by atoms with Gasteiger partial charge in [-0.2, -0.15) is 0 Å². The normalized spacial score (nSPS) is 20.6. The third-order valence-electron chi connectivity index (χ3n) is 6.78. The first-order chi connectivity index (χ1) is 13.8. The summed E-state index contributed by atoms with van der Waals surface area (Å²) in [6.45, 7) is 13.2. The Kier molecular flexibility index (Phi) is 5.52. The predicted octanol–water partition coefficient (Wildman–Crippen LogP) is 4.09. The van der Waals surface area contributed by atoms with Crippen LogP contribution in [-0.4, -0.2) is 47.0 Å². The van der Waals surface area contributed by atoms with Crippen LogP contribution in [0.2, 0.25) is 0 Å². The van der Waals surface area contributed by atoms with Crippen molar-refractivity contribution in [3.63, 3.8) is 0 Å². The highest BCUT2D eigenvalue weighted by atomic mass is 16.5. The topological polar surface area (TPSA) is 49.6 Å². The lowest BCUT2D eigenvalue weighted by Crippen LogP contribution is -2.48. The van der Waals surface area contributed by atoms with Gasteiger partial charge in [-0.3, -0.25) is 9.69 Å². The molecule has 1 amide bonds. The first-order valence-electron chi connectivity index (χ1n) is 10.9. The number of rotatable bonds is 3. The van der Waals surface area contributed by atoms with Crippen LogP contribution in [0.4, 0.5) is 0 Å². The minimum atomic E-state index is 0.0418. The molecule has 1 aromatic heterocycles. The largest absolute Gasteiger partial charge is 0.360 e. The second-order valence-corrected chi connectivity index (χ2v) is 9.73. The standard InChI is InChI=1S/C24H33N3O2/c1-17-7-5-6-8-18(17)16-26-11-13-27(14-12-26)23(28)22-20-15-19(24(2,3)4)9-10-21(20)29-25-22/h5-8,19H,9-16H2,1-4H3. The van der Waals surface area contributed by atoms with Crippen molar-refractivity contribution in [3.8, 4) is 0 Å². The maximum atomic E-state index is 13.2. The fraction of sp³-hybridized carbons (Fsp3) is 0.583. The number of benzene rings is 1. The van der Waals surface area contributed by atoms with Gasteiger partial charge in [0.1, 0.15) is 5.76 Å². The second kappa shape index (κ2) is 7.94. The molecule has 5 heteroatoms. The van der Waals surface area contributed by atoms with Gasteiger partial charge in [0.2, 0.25) is 0 Å². The molecular weight excluding hydrogens is 362 g/mol. The number of aromatic nitrogens is 1. The van der Waals surface area contributed by atoms with E-state index in [1.807, 2.05) is 4.90 Å². The number of fused-ring (bicyclic) bond motifs is 1. The van der Waals surface area contributed by atoms with E-state index in [1.165, 1.54) is 11.1 Å². The molecule has 1 aliphatic heterocycles. The van der Waals surface area contributed by atoms with Gasteiger partial charge < -0.3 is 9.42 Å². The number of nitrogens with zero attached hydrogens (tertiary/aromatic N) is 3. The number of hydrogen-bond donors (Lipinski definition) is 0. The van der Waals surface area contributed by atoms with Crippen molar-refractivity contribution in [1.82, 2.24) is 15.0 Å². The lowest BCUT2D eigenvalue weighted by atomic mass is 9.71. The van der Waals surface area contributed by atoms with Gasteiger partial charge >= 0.3 is 0 Å². The van der Waals surface area contributed by atoms with E-state index in [1.54, 1.807) is 0 Å². The van der Waals surface area contributed by atoms with E-state index < -0.39 is 0 Å². The van der Waals surface area contributed by atoms with Crippen LogP contribution < -0.4 is 0 Å². The molecule has 0 N–H and O–H groups in total. The van der Waals surface area contributed by atoms with Crippen LogP contribution in [0.5, 0.6) is 0 Å². The van der Waals surface area contributed by atoms with Crippen molar-refractivity contribution in [3.05, 3.63) is 52.4 Å². The van der Waals surface area contributed by atoms with Crippen LogP contribution >= 0.6 is 0 Å². The van der Waals surface area contributed by atoms with Crippen LogP contribution in [0.3, 0.4) is 0 Å². The van der Waals surface area contributed by atoms with Gasteiger partial charge in [-0.1, -0.05) is 50.2 Å². The fourth-order valence-electron chi connectivity index (χ4n) is 4.60. The molecule has 2 heterocycles. The summed E-state index contributed by atoms with van der Waals surface area (Å²) in [5.74, 6) is 1.53. The maximum absolute atomic E-state index is 13.2. The van der Waals surface area contributed by atoms with Gasteiger partial charge in [0, 0.05) is 44.7 Å². The van der Waals surface area contributed by atoms with Crippen molar-refractivity contribution in [2.24, 2.45) is 11.3 Å². The average molecular weight is 396 g/mol. The minimum absolute atomic E-state index is 0.0418. The molecule has 2 aliphatic rings. The number of carbonyl (C=O) groups excluding carboxylic acids is 1. The Hall–Kier alpha value is -2.14. The summed E-state index contributed by atoms with van der Waals surface area (Å²) in [4.78, 5) is 17.6. The fourth-order valence-corrected chi connectivity index (χ4v) is 4.60. The van der Waals surface area contributed by atoms with E-state index in [2.05, 4.69) is 62.0 Å². The second-order valence-electron chi connectivity index (χ2n) is 9.73. The van der Waals surface area contributed by atoms with E-state index in [0.717, 1.165) is 63.3 Å². The molecule has 0 radical (unpaired) electrons. The summed E-state index contributed by atoms with van der Waals surface area (Å²) in [6.07, 6.45) is 2.90. The molecule has 1 saturated heterocycles. The molecule has 29 heavy (non-hydrogen) atoms. The molecule has 1 fully saturated rings. The molecule has 1 unspecified atom stereocenters. The van der Waals surface area contributed by atoms with Gasteiger partial charge in [0.15, 0.2) is 5.69 Å². The first-order valence-corrected chi connectivity index (χ1v) is 10.9. The summed E-state index contributed by atoms with van der Waals surface area (Å²) in [5.41, 5.74) is 4.54. The summed E-state index contributed by atoms with van der Waals surface area (Å²) >= 11 is 0. The molecular formula is C24H33N3O2. The Bertz CT molecular complexity index is 872. The van der Waals surface area contributed by atoms with E-state index in [9.17, 15) is 4.79 Å². The van der Waals surface area contributed by atoms with Crippen molar-refractivity contribution < 1.29 is 9.32 Å². The SMILES string of the molecule is Cc1ccccc1CN1CCN(C(=O)c2noc3c2CC(C(C)(C)C)CC3)CC1. The predicted molar refractivity (Wildman–Crippen MR) is 114 cm³/mol. The molecule has 2 aromatic rings. The zero-order valence-electron chi connectivity index (χ0n) is 18.2. The zero-order valence-corrected chi connectivity index (χ0v) is 18.2. The van der Waals surface area contributed by atoms with Crippen LogP contribution in [0, 0.1) is 18.3 Å². The molecule has 4 rings (SSSR count). The Morgan fingerprint density at radius 2 is 1.90 bits per heavy atom. The van der Waals surface area contributed by atoms with Crippen molar-refractivity contribution >= 4 is 5.91 Å². The smallest absolute Gasteiger partial charge is 0.276 e. The summed E-state index contributed by atoms with van der Waals surface area (Å²) in [7, 11) is 0. The molecule has 0 spiro atoms. The number of piperazine rings is 1. The maximum Gasteiger partial charge on any atom is 0.276 e. The van der Waals surface area contributed by atoms with E-state index in [-0.39, 0.29) is 11.3 Å². The van der Waals surface area contributed by atoms with Gasteiger partial charge in [-0.25, -0.2) is 0 Å². The van der Waals surface area contributed by atoms with Crippen molar-refractivity contribution in [2.45, 2.75) is 53.5 Å². The van der Waals surface area contributed by atoms with Crippen LogP contribution in [0.25, 0.3) is 0 Å². The van der Waals surface area contributed by atoms with Crippen LogP contribution in [-0.2, 0) is 19.4 Å². The number of amides is 1. The molecule has 156 valence electrons. The van der Waals surface area contributed by atoms with E-state index in [4.69, 9.17) is 4.52 Å². The molecule has 0 saturated carbocycles. The first kappa shape index (κ1) is 20.1. The third-order valence-corrected chi connectivity index (χ3v) is 6.78. The van der Waals surface area contributed by atoms with Gasteiger partial charge in [-0.05, 0) is 42.2 Å². The minimum Gasteiger partial charge on any atom is -0.360 e. The zero-order chi connectivity index (χ0) is 20.6. The lowest BCUT2D eigenvalue weighted by molar-refractivity contribution is 0.0616. The van der Waals surface area contributed by atoms with E-state index in [0.29, 0.717) is 11.6 Å². The number of aryl methyl sites for hydroxylation is 2. The molecule has 5 nitrogen and oxygen atoms in total. The summed E-state index contributed by atoms with van der Waals surface area (Å²) in [5, 5.41) is 4.21. The number of carbonyl (C=O) groups is 1. The Labute approximate surface area is 174 Å². The highest BCUT2D eigenvalue weighted by Gasteiger charge is 2.35. The molecule has 1 aliphatic carbocycles. The Balaban J connectivity index is 1.40. The molecule has 1 atom stereocenters. The summed E-state index contributed by atoms with van der Waals surface area (Å²) < 4.78 is 5.57. The van der Waals surface area contributed by atoms with Crippen molar-refractivity contribution in [1.29, 1.82) is 0 Å². The van der Waals surface area contributed by atoms with Crippen molar-refractivity contribution in [2.75, 3.05) is 26.2 Å². The Morgan fingerprint density at radius 1 is 1.17 bits per heavy atom. The molecule has 1 aromatic carbocycles. The summed E-state index contributed by atoms with van der Waals surface area (Å²) in [6, 6.07) is 8.53. The van der Waals surface area contributed by atoms with Gasteiger partial charge in [-0.15, -0.1) is 0 Å². The highest BCUT2D eigenvalue weighted by Crippen LogP contribution is 2.38. The lowest BCUT2D eigenvalue weighted by Gasteiger charge is -2.35. The van der Waals surface area contributed by atoms with E-state index >= 15 is 0 Å². The van der Waals surface area contributed by atoms with Crippen LogP contribution in [0.1, 0.15) is 60.1 Å². The van der Waals surface area contributed by atoms with Gasteiger partial charge in [0.05, 0.1) is 0 Å². The van der Waals surface area contributed by atoms with Gasteiger partial charge in [0.25, 0.3) is 5.91 Å². The van der Waals surface area contributed by atoms with Crippen LogP contribution in [0.15, 0.2) is 28.8 Å². The third kappa shape index (κ3) is 4.25. The average Bonchev–Trinajstić information content (AvgIpc) is 3.12. The monoisotopic (exact) mass is 395 g/mol. The Morgan fingerprint density at radius 3 is 2.59 bits per heavy atom. The quantitative estimate of drug-likeness (QED) is 0.785. The number of hydrogen-bond acceptors (Lipinski definition) is 4. The molecule has 0 bridgehead atoms. The highest BCUT2D eigenvalue weighted by molar-refractivity contribution is 5.94.